The number of amides is 2. The first-order valence-electron chi connectivity index (χ1n) is 6.08. The van der Waals surface area contributed by atoms with Crippen LogP contribution in [0.3, 0.4) is 0 Å². The quantitative estimate of drug-likeness (QED) is 0.890. The van der Waals surface area contributed by atoms with Crippen LogP contribution in [0.1, 0.15) is 29.9 Å². The van der Waals surface area contributed by atoms with Crippen molar-refractivity contribution in [3.8, 4) is 0 Å². The molecule has 0 aliphatic heterocycles. The monoisotopic (exact) mass is 346 g/mol. The van der Waals surface area contributed by atoms with E-state index < -0.39 is 6.04 Å². The molecular weight excluding hydrogens is 328 g/mol. The molecule has 1 atom stereocenters. The maximum absolute atomic E-state index is 12.1. The molecule has 19 heavy (non-hydrogen) atoms. The average molecular weight is 347 g/mol. The summed E-state index contributed by atoms with van der Waals surface area (Å²) in [6, 6.07) is 3.10. The zero-order valence-electron chi connectivity index (χ0n) is 11.6. The number of carbonyl (C=O) groups excluding carboxylic acids is 2. The van der Waals surface area contributed by atoms with Crippen molar-refractivity contribution >= 4 is 39.1 Å². The van der Waals surface area contributed by atoms with Gasteiger partial charge in [0.2, 0.25) is 5.91 Å². The summed E-state index contributed by atoms with van der Waals surface area (Å²) >= 11 is 4.68. The molecule has 4 nitrogen and oxygen atoms in total. The third-order valence-corrected chi connectivity index (χ3v) is 4.17. The lowest BCUT2D eigenvalue weighted by molar-refractivity contribution is -0.131. The summed E-state index contributed by atoms with van der Waals surface area (Å²) in [5.41, 5.74) is 0. The molecule has 0 saturated carbocycles. The third kappa shape index (κ3) is 4.95. The Morgan fingerprint density at radius 3 is 2.42 bits per heavy atom. The van der Waals surface area contributed by atoms with Gasteiger partial charge in [-0.1, -0.05) is 13.8 Å². The Hall–Kier alpha value is -0.880. The van der Waals surface area contributed by atoms with Gasteiger partial charge in [-0.05, 0) is 40.4 Å². The number of thiophene rings is 1. The first-order chi connectivity index (χ1) is 8.81. The summed E-state index contributed by atoms with van der Waals surface area (Å²) in [6.07, 6.45) is 0.634. The predicted octanol–water partition coefficient (Wildman–Crippen LogP) is 2.74. The standard InChI is InChI=1S/C13H19BrN2O2S/c1-8(2)7-9(13(18)16(3)4)15-12(17)10-5-6-11(14)19-10/h5-6,8-9H,7H2,1-4H3,(H,15,17). The minimum Gasteiger partial charge on any atom is -0.347 e. The van der Waals surface area contributed by atoms with Gasteiger partial charge in [0.05, 0.1) is 8.66 Å². The summed E-state index contributed by atoms with van der Waals surface area (Å²) in [4.78, 5) is 26.3. The highest BCUT2D eigenvalue weighted by atomic mass is 79.9. The van der Waals surface area contributed by atoms with Crippen LogP contribution in [0.25, 0.3) is 0 Å². The van der Waals surface area contributed by atoms with Crippen molar-refractivity contribution in [3.63, 3.8) is 0 Å². The first-order valence-corrected chi connectivity index (χ1v) is 7.69. The van der Waals surface area contributed by atoms with Crippen molar-refractivity contribution in [2.24, 2.45) is 5.92 Å². The second kappa shape index (κ2) is 7.05. The smallest absolute Gasteiger partial charge is 0.262 e. The van der Waals surface area contributed by atoms with Gasteiger partial charge in [0.25, 0.3) is 5.91 Å². The van der Waals surface area contributed by atoms with Crippen molar-refractivity contribution in [1.82, 2.24) is 10.2 Å². The predicted molar refractivity (Wildman–Crippen MR) is 81.4 cm³/mol. The Bertz CT molecular complexity index is 457. The van der Waals surface area contributed by atoms with Gasteiger partial charge in [-0.3, -0.25) is 9.59 Å². The highest BCUT2D eigenvalue weighted by molar-refractivity contribution is 9.11. The average Bonchev–Trinajstić information content (AvgIpc) is 2.73. The third-order valence-electron chi connectivity index (χ3n) is 2.55. The van der Waals surface area contributed by atoms with Crippen LogP contribution >= 0.6 is 27.3 Å². The molecule has 1 aromatic rings. The maximum Gasteiger partial charge on any atom is 0.262 e. The number of nitrogens with one attached hydrogen (secondary N) is 1. The zero-order chi connectivity index (χ0) is 14.6. The molecule has 1 aromatic heterocycles. The first kappa shape index (κ1) is 16.2. The Morgan fingerprint density at radius 2 is 2.00 bits per heavy atom. The van der Waals surface area contributed by atoms with E-state index in [0.717, 1.165) is 3.79 Å². The minimum atomic E-state index is -0.469. The molecule has 106 valence electrons. The van der Waals surface area contributed by atoms with Crippen LogP contribution in [-0.2, 0) is 4.79 Å². The molecule has 0 saturated heterocycles. The molecule has 1 N–H and O–H groups in total. The fourth-order valence-electron chi connectivity index (χ4n) is 1.67. The number of halogens is 1. The van der Waals surface area contributed by atoms with Gasteiger partial charge < -0.3 is 10.2 Å². The van der Waals surface area contributed by atoms with E-state index in [1.165, 1.54) is 16.2 Å². The number of carbonyl (C=O) groups is 2. The molecule has 1 rings (SSSR count). The van der Waals surface area contributed by atoms with Crippen molar-refractivity contribution < 1.29 is 9.59 Å². The molecule has 6 heteroatoms. The summed E-state index contributed by atoms with van der Waals surface area (Å²) in [6.45, 7) is 4.06. The highest BCUT2D eigenvalue weighted by Crippen LogP contribution is 2.22. The normalized spacial score (nSPS) is 12.3. The molecule has 0 bridgehead atoms. The van der Waals surface area contributed by atoms with Crippen LogP contribution in [0, 0.1) is 5.92 Å². The number of hydrogen-bond acceptors (Lipinski definition) is 3. The van der Waals surface area contributed by atoms with Crippen molar-refractivity contribution in [1.29, 1.82) is 0 Å². The van der Waals surface area contributed by atoms with Crippen molar-refractivity contribution in [3.05, 3.63) is 20.8 Å². The van der Waals surface area contributed by atoms with E-state index in [4.69, 9.17) is 0 Å². The van der Waals surface area contributed by atoms with E-state index in [1.807, 2.05) is 19.9 Å². The Balaban J connectivity index is 2.77. The van der Waals surface area contributed by atoms with E-state index in [0.29, 0.717) is 17.2 Å². The van der Waals surface area contributed by atoms with Gasteiger partial charge in [-0.15, -0.1) is 11.3 Å². The van der Waals surface area contributed by atoms with E-state index in [9.17, 15) is 9.59 Å². The highest BCUT2D eigenvalue weighted by Gasteiger charge is 2.24. The largest absolute Gasteiger partial charge is 0.347 e. The zero-order valence-corrected chi connectivity index (χ0v) is 14.0. The van der Waals surface area contributed by atoms with Crippen LogP contribution in [0.2, 0.25) is 0 Å². The van der Waals surface area contributed by atoms with Gasteiger partial charge in [-0.25, -0.2) is 0 Å². The van der Waals surface area contributed by atoms with Crippen LogP contribution in [-0.4, -0.2) is 36.9 Å². The van der Waals surface area contributed by atoms with Crippen molar-refractivity contribution in [2.75, 3.05) is 14.1 Å². The molecule has 0 aromatic carbocycles. The molecule has 1 heterocycles. The number of likely N-dealkylation sites (N-methyl/N-ethyl adjacent to an activating group) is 1. The molecule has 0 spiro atoms. The van der Waals surface area contributed by atoms with Gasteiger partial charge in [0, 0.05) is 14.1 Å². The van der Waals surface area contributed by atoms with Crippen molar-refractivity contribution in [2.45, 2.75) is 26.3 Å². The fraction of sp³-hybridized carbons (Fsp3) is 0.538. The second-order valence-corrected chi connectivity index (χ2v) is 7.46. The molecule has 0 aliphatic rings. The SMILES string of the molecule is CC(C)CC(NC(=O)c1ccc(Br)s1)C(=O)N(C)C. The molecule has 0 aliphatic carbocycles. The van der Waals surface area contributed by atoms with Crippen LogP contribution < -0.4 is 5.32 Å². The Kier molecular flexibility index (Phi) is 6.00. The summed E-state index contributed by atoms with van der Waals surface area (Å²) < 4.78 is 0.900. The van der Waals surface area contributed by atoms with E-state index in [2.05, 4.69) is 21.2 Å². The van der Waals surface area contributed by atoms with E-state index in [1.54, 1.807) is 20.2 Å². The fourth-order valence-corrected chi connectivity index (χ4v) is 2.96. The molecule has 0 radical (unpaired) electrons. The van der Waals surface area contributed by atoms with Gasteiger partial charge in [0.1, 0.15) is 6.04 Å². The van der Waals surface area contributed by atoms with Crippen LogP contribution in [0.4, 0.5) is 0 Å². The Morgan fingerprint density at radius 1 is 1.37 bits per heavy atom. The van der Waals surface area contributed by atoms with E-state index in [-0.39, 0.29) is 11.8 Å². The lowest BCUT2D eigenvalue weighted by Crippen LogP contribution is -2.46. The lowest BCUT2D eigenvalue weighted by Gasteiger charge is -2.22. The number of hydrogen-bond donors (Lipinski definition) is 1. The van der Waals surface area contributed by atoms with Crippen LogP contribution in [0.15, 0.2) is 15.9 Å². The lowest BCUT2D eigenvalue weighted by atomic mass is 10.0. The van der Waals surface area contributed by atoms with Gasteiger partial charge in [0.15, 0.2) is 0 Å². The molecular formula is C13H19BrN2O2S. The van der Waals surface area contributed by atoms with Crippen LogP contribution in [0.5, 0.6) is 0 Å². The maximum atomic E-state index is 12.1. The Labute approximate surface area is 126 Å². The molecule has 1 unspecified atom stereocenters. The topological polar surface area (TPSA) is 49.4 Å². The minimum absolute atomic E-state index is 0.0716. The summed E-state index contributed by atoms with van der Waals surface area (Å²) in [5, 5.41) is 2.82. The van der Waals surface area contributed by atoms with Gasteiger partial charge in [-0.2, -0.15) is 0 Å². The number of nitrogens with zero attached hydrogens (tertiary/aromatic N) is 1. The molecule has 2 amide bonds. The summed E-state index contributed by atoms with van der Waals surface area (Å²) in [7, 11) is 3.40. The number of rotatable bonds is 5. The molecule has 0 fully saturated rings. The van der Waals surface area contributed by atoms with E-state index >= 15 is 0 Å². The summed E-state index contributed by atoms with van der Waals surface area (Å²) in [5.74, 6) is 0.0680. The van der Waals surface area contributed by atoms with Gasteiger partial charge >= 0.3 is 0 Å². The second-order valence-electron chi connectivity index (χ2n) is 4.99.